The van der Waals surface area contributed by atoms with Crippen molar-refractivity contribution in [2.75, 3.05) is 0 Å². The molecule has 1 aromatic heterocycles. The van der Waals surface area contributed by atoms with Crippen LogP contribution in [0.3, 0.4) is 0 Å². The average Bonchev–Trinajstić information content (AvgIpc) is 2.62. The Bertz CT molecular complexity index is 473. The highest BCUT2D eigenvalue weighted by Crippen LogP contribution is 2.25. The van der Waals surface area contributed by atoms with Crippen LogP contribution in [-0.2, 0) is 4.79 Å². The second-order valence-electron chi connectivity index (χ2n) is 3.28. The number of aliphatic carboxylic acids is 1. The Hall–Kier alpha value is -1.35. The zero-order valence-corrected chi connectivity index (χ0v) is 8.54. The van der Waals surface area contributed by atoms with Gasteiger partial charge in [0.05, 0.1) is 5.92 Å². The van der Waals surface area contributed by atoms with Gasteiger partial charge in [-0.25, -0.2) is 0 Å². The smallest absolute Gasteiger partial charge is 0.310 e. The number of carbonyl (C=O) groups is 1. The third kappa shape index (κ3) is 1.51. The molecule has 1 atom stereocenters. The van der Waals surface area contributed by atoms with Crippen LogP contribution in [0.2, 0.25) is 0 Å². The van der Waals surface area contributed by atoms with Crippen LogP contribution >= 0.6 is 11.3 Å². The number of carboxylic acids is 1. The fourth-order valence-corrected chi connectivity index (χ4v) is 2.17. The Labute approximate surface area is 85.8 Å². The summed E-state index contributed by atoms with van der Waals surface area (Å²) in [5, 5.41) is 12.0. The fraction of sp³-hybridized carbons (Fsp3) is 0.182. The van der Waals surface area contributed by atoms with E-state index >= 15 is 0 Å². The summed E-state index contributed by atoms with van der Waals surface area (Å²) in [5.41, 5.74) is 0.864. The molecule has 14 heavy (non-hydrogen) atoms. The highest BCUT2D eigenvalue weighted by atomic mass is 32.1. The summed E-state index contributed by atoms with van der Waals surface area (Å²) < 4.78 is 1.20. The molecule has 0 spiro atoms. The summed E-state index contributed by atoms with van der Waals surface area (Å²) in [6.45, 7) is 1.70. The van der Waals surface area contributed by atoms with Gasteiger partial charge < -0.3 is 5.11 Å². The maximum atomic E-state index is 10.8. The van der Waals surface area contributed by atoms with E-state index in [-0.39, 0.29) is 0 Å². The van der Waals surface area contributed by atoms with Gasteiger partial charge in [-0.15, -0.1) is 11.3 Å². The average molecular weight is 206 g/mol. The van der Waals surface area contributed by atoms with Gasteiger partial charge in [-0.05, 0) is 41.5 Å². The lowest BCUT2D eigenvalue weighted by Gasteiger charge is -2.05. The van der Waals surface area contributed by atoms with Gasteiger partial charge in [0.15, 0.2) is 0 Å². The number of fused-ring (bicyclic) bond motifs is 1. The molecular formula is C11H10O2S. The van der Waals surface area contributed by atoms with Crippen molar-refractivity contribution in [3.63, 3.8) is 0 Å². The first-order valence-corrected chi connectivity index (χ1v) is 5.26. The maximum Gasteiger partial charge on any atom is 0.310 e. The van der Waals surface area contributed by atoms with Crippen LogP contribution < -0.4 is 0 Å². The number of hydrogen-bond acceptors (Lipinski definition) is 2. The van der Waals surface area contributed by atoms with Gasteiger partial charge in [0.25, 0.3) is 0 Å². The number of benzene rings is 1. The van der Waals surface area contributed by atoms with Gasteiger partial charge in [0.1, 0.15) is 0 Å². The van der Waals surface area contributed by atoms with E-state index in [1.807, 2.05) is 29.6 Å². The van der Waals surface area contributed by atoms with E-state index in [9.17, 15) is 4.79 Å². The molecule has 0 fully saturated rings. The molecule has 0 radical (unpaired) electrons. The van der Waals surface area contributed by atoms with Crippen molar-refractivity contribution in [3.05, 3.63) is 35.2 Å². The summed E-state index contributed by atoms with van der Waals surface area (Å²) in [5.74, 6) is -1.21. The summed E-state index contributed by atoms with van der Waals surface area (Å²) in [4.78, 5) is 10.8. The van der Waals surface area contributed by atoms with Crippen LogP contribution in [0.5, 0.6) is 0 Å². The summed E-state index contributed by atoms with van der Waals surface area (Å²) >= 11 is 1.67. The second kappa shape index (κ2) is 3.42. The lowest BCUT2D eigenvalue weighted by molar-refractivity contribution is -0.138. The van der Waals surface area contributed by atoms with Gasteiger partial charge >= 0.3 is 5.97 Å². The SMILES string of the molecule is CC(C(=O)O)c1ccc2sccc2c1. The van der Waals surface area contributed by atoms with Crippen molar-refractivity contribution in [1.29, 1.82) is 0 Å². The third-order valence-electron chi connectivity index (χ3n) is 2.35. The molecule has 1 unspecified atom stereocenters. The summed E-state index contributed by atoms with van der Waals surface area (Å²) in [6, 6.07) is 7.83. The van der Waals surface area contributed by atoms with E-state index in [1.165, 1.54) is 4.70 Å². The van der Waals surface area contributed by atoms with Gasteiger partial charge in [0.2, 0.25) is 0 Å². The van der Waals surface area contributed by atoms with Crippen molar-refractivity contribution in [2.45, 2.75) is 12.8 Å². The van der Waals surface area contributed by atoms with Crippen molar-refractivity contribution in [2.24, 2.45) is 0 Å². The molecule has 1 aromatic carbocycles. The highest BCUT2D eigenvalue weighted by Gasteiger charge is 2.13. The van der Waals surface area contributed by atoms with Crippen LogP contribution in [0.1, 0.15) is 18.4 Å². The molecule has 1 N–H and O–H groups in total. The van der Waals surface area contributed by atoms with E-state index in [2.05, 4.69) is 0 Å². The standard InChI is InChI=1S/C11H10O2S/c1-7(11(12)13)8-2-3-10-9(6-8)4-5-14-10/h2-7H,1H3,(H,12,13). The quantitative estimate of drug-likeness (QED) is 0.819. The molecule has 0 saturated carbocycles. The number of hydrogen-bond donors (Lipinski definition) is 1. The van der Waals surface area contributed by atoms with Crippen molar-refractivity contribution >= 4 is 27.4 Å². The first-order chi connectivity index (χ1) is 6.68. The van der Waals surface area contributed by atoms with E-state index in [0.29, 0.717) is 0 Å². The van der Waals surface area contributed by atoms with Crippen LogP contribution in [-0.4, -0.2) is 11.1 Å². The molecule has 0 saturated heterocycles. The minimum absolute atomic E-state index is 0.431. The molecule has 0 aliphatic rings. The molecule has 1 heterocycles. The Morgan fingerprint density at radius 2 is 2.21 bits per heavy atom. The Balaban J connectivity index is 2.48. The van der Waals surface area contributed by atoms with Crippen LogP contribution in [0.4, 0.5) is 0 Å². The molecule has 2 aromatic rings. The van der Waals surface area contributed by atoms with E-state index in [0.717, 1.165) is 10.9 Å². The van der Waals surface area contributed by atoms with Gasteiger partial charge in [-0.1, -0.05) is 6.07 Å². The molecule has 2 nitrogen and oxygen atoms in total. The van der Waals surface area contributed by atoms with Gasteiger partial charge in [-0.3, -0.25) is 4.79 Å². The molecule has 0 bridgehead atoms. The van der Waals surface area contributed by atoms with E-state index < -0.39 is 11.9 Å². The lowest BCUT2D eigenvalue weighted by atomic mass is 10.0. The normalized spacial score (nSPS) is 12.9. The maximum absolute atomic E-state index is 10.8. The van der Waals surface area contributed by atoms with E-state index in [1.54, 1.807) is 18.3 Å². The molecule has 0 amide bonds. The topological polar surface area (TPSA) is 37.3 Å². The van der Waals surface area contributed by atoms with Crippen molar-refractivity contribution < 1.29 is 9.90 Å². The molecule has 72 valence electrons. The molecule has 0 aliphatic heterocycles. The van der Waals surface area contributed by atoms with Gasteiger partial charge in [-0.2, -0.15) is 0 Å². The highest BCUT2D eigenvalue weighted by molar-refractivity contribution is 7.17. The zero-order valence-electron chi connectivity index (χ0n) is 7.73. The van der Waals surface area contributed by atoms with Crippen LogP contribution in [0, 0.1) is 0 Å². The first kappa shape index (κ1) is 9.21. The summed E-state index contributed by atoms with van der Waals surface area (Å²) in [6.07, 6.45) is 0. The van der Waals surface area contributed by atoms with Crippen LogP contribution in [0.15, 0.2) is 29.6 Å². The molecule has 3 heteroatoms. The minimum Gasteiger partial charge on any atom is -0.481 e. The van der Waals surface area contributed by atoms with E-state index in [4.69, 9.17) is 5.11 Å². The minimum atomic E-state index is -0.778. The first-order valence-electron chi connectivity index (χ1n) is 4.38. The number of thiophene rings is 1. The molecular weight excluding hydrogens is 196 g/mol. The molecule has 0 aliphatic carbocycles. The van der Waals surface area contributed by atoms with Crippen LogP contribution in [0.25, 0.3) is 10.1 Å². The second-order valence-corrected chi connectivity index (χ2v) is 4.23. The number of carboxylic acid groups (broad SMARTS) is 1. The predicted octanol–water partition coefficient (Wildman–Crippen LogP) is 3.09. The molecule has 2 rings (SSSR count). The Kier molecular flexibility index (Phi) is 2.25. The lowest BCUT2D eigenvalue weighted by Crippen LogP contribution is -2.06. The fourth-order valence-electron chi connectivity index (χ4n) is 1.40. The third-order valence-corrected chi connectivity index (χ3v) is 3.24. The zero-order chi connectivity index (χ0) is 10.1. The van der Waals surface area contributed by atoms with Gasteiger partial charge in [0, 0.05) is 4.70 Å². The number of rotatable bonds is 2. The Morgan fingerprint density at radius 1 is 1.43 bits per heavy atom. The monoisotopic (exact) mass is 206 g/mol. The largest absolute Gasteiger partial charge is 0.481 e. The summed E-state index contributed by atoms with van der Waals surface area (Å²) in [7, 11) is 0. The van der Waals surface area contributed by atoms with Crippen molar-refractivity contribution in [1.82, 2.24) is 0 Å². The Morgan fingerprint density at radius 3 is 2.93 bits per heavy atom. The van der Waals surface area contributed by atoms with Crippen molar-refractivity contribution in [3.8, 4) is 0 Å². The predicted molar refractivity (Wildman–Crippen MR) is 57.9 cm³/mol.